The SMILES string of the molecule is Cl.O=C(O)C1(c2ccc3c(c2)SNC2CCCN32)C=CN=CC1. The number of halogens is 1. The Kier molecular flexibility index (Phi) is 4.40. The van der Waals surface area contributed by atoms with Crippen LogP contribution < -0.4 is 9.62 Å². The summed E-state index contributed by atoms with van der Waals surface area (Å²) in [7, 11) is 0. The average Bonchev–Trinajstić information content (AvgIpc) is 3.03. The standard InChI is InChI=1S/C16H17N3O2S.ClH/c20-15(21)16(5-7-17-8-6-16)11-3-4-12-13(10-11)22-18-14-2-1-9-19(12)14;/h3-5,7-8,10,14,18H,1-2,6,9H2,(H,20,21);1H. The molecule has 4 rings (SSSR count). The van der Waals surface area contributed by atoms with E-state index in [1.165, 1.54) is 12.1 Å². The minimum atomic E-state index is -1.00. The molecule has 0 aliphatic carbocycles. The van der Waals surface area contributed by atoms with Crippen molar-refractivity contribution in [3.05, 3.63) is 36.0 Å². The zero-order valence-corrected chi connectivity index (χ0v) is 14.1. The number of aliphatic carboxylic acids is 1. The smallest absolute Gasteiger partial charge is 0.318 e. The number of benzene rings is 1. The Morgan fingerprint density at radius 3 is 3.09 bits per heavy atom. The summed E-state index contributed by atoms with van der Waals surface area (Å²) in [5.41, 5.74) is 1.02. The van der Waals surface area contributed by atoms with E-state index in [-0.39, 0.29) is 12.4 Å². The highest BCUT2D eigenvalue weighted by molar-refractivity contribution is 7.97. The van der Waals surface area contributed by atoms with Crippen molar-refractivity contribution < 1.29 is 9.90 Å². The Bertz CT molecular complexity index is 694. The van der Waals surface area contributed by atoms with Crippen molar-refractivity contribution >= 4 is 42.2 Å². The molecule has 23 heavy (non-hydrogen) atoms. The monoisotopic (exact) mass is 351 g/mol. The van der Waals surface area contributed by atoms with Crippen LogP contribution in [-0.4, -0.2) is 30.0 Å². The van der Waals surface area contributed by atoms with Crippen LogP contribution in [0.4, 0.5) is 5.69 Å². The molecule has 0 radical (unpaired) electrons. The molecule has 2 unspecified atom stereocenters. The molecular formula is C16H18ClN3O2S. The maximum atomic E-state index is 11.9. The van der Waals surface area contributed by atoms with Crippen LogP contribution in [0.15, 0.2) is 40.4 Å². The van der Waals surface area contributed by atoms with Crippen LogP contribution in [-0.2, 0) is 10.2 Å². The lowest BCUT2D eigenvalue weighted by Gasteiger charge is -2.35. The van der Waals surface area contributed by atoms with Crippen LogP contribution in [0.5, 0.6) is 0 Å². The number of nitrogens with one attached hydrogen (secondary N) is 1. The number of rotatable bonds is 2. The first-order valence-corrected chi connectivity index (χ1v) is 8.29. The molecule has 3 heterocycles. The molecule has 0 saturated carbocycles. The maximum Gasteiger partial charge on any atom is 0.318 e. The van der Waals surface area contributed by atoms with Crippen LogP contribution in [0.25, 0.3) is 0 Å². The van der Waals surface area contributed by atoms with Crippen LogP contribution in [0, 0.1) is 0 Å². The Labute approximate surface area is 145 Å². The lowest BCUT2D eigenvalue weighted by atomic mass is 9.77. The zero-order chi connectivity index (χ0) is 15.2. The van der Waals surface area contributed by atoms with Gasteiger partial charge in [-0.2, -0.15) is 0 Å². The van der Waals surface area contributed by atoms with Gasteiger partial charge in [0.15, 0.2) is 0 Å². The van der Waals surface area contributed by atoms with Crippen molar-refractivity contribution in [2.75, 3.05) is 11.4 Å². The first kappa shape index (κ1) is 16.4. The second kappa shape index (κ2) is 6.19. The molecule has 1 aromatic rings. The summed E-state index contributed by atoms with van der Waals surface area (Å²) in [6, 6.07) is 6.04. The summed E-state index contributed by atoms with van der Waals surface area (Å²) in [5.74, 6) is -0.831. The molecule has 1 saturated heterocycles. The van der Waals surface area contributed by atoms with E-state index in [0.29, 0.717) is 12.6 Å². The van der Waals surface area contributed by atoms with Gasteiger partial charge in [-0.25, -0.2) is 4.72 Å². The van der Waals surface area contributed by atoms with Crippen molar-refractivity contribution in [1.29, 1.82) is 0 Å². The van der Waals surface area contributed by atoms with E-state index in [1.807, 2.05) is 12.1 Å². The molecular weight excluding hydrogens is 334 g/mol. The summed E-state index contributed by atoms with van der Waals surface area (Å²) in [4.78, 5) is 19.4. The van der Waals surface area contributed by atoms with Gasteiger partial charge in [0.1, 0.15) is 5.41 Å². The van der Waals surface area contributed by atoms with E-state index < -0.39 is 11.4 Å². The topological polar surface area (TPSA) is 64.9 Å². The fraction of sp³-hybridized carbons (Fsp3) is 0.375. The van der Waals surface area contributed by atoms with Gasteiger partial charge in [-0.1, -0.05) is 6.07 Å². The number of anilines is 1. The van der Waals surface area contributed by atoms with Gasteiger partial charge in [0.2, 0.25) is 0 Å². The number of hydrogen-bond donors (Lipinski definition) is 2. The maximum absolute atomic E-state index is 11.9. The Hall–Kier alpha value is -1.50. The van der Waals surface area contributed by atoms with Gasteiger partial charge in [0, 0.05) is 30.3 Å². The summed E-state index contributed by atoms with van der Waals surface area (Å²) >= 11 is 1.61. The number of nitrogens with zero attached hydrogens (tertiary/aromatic N) is 2. The molecule has 7 heteroatoms. The van der Waals surface area contributed by atoms with E-state index in [2.05, 4.69) is 20.7 Å². The predicted octanol–water partition coefficient (Wildman–Crippen LogP) is 2.96. The number of carboxylic acid groups (broad SMARTS) is 1. The quantitative estimate of drug-likeness (QED) is 0.802. The number of fused-ring (bicyclic) bond motifs is 3. The third-order valence-electron chi connectivity index (χ3n) is 4.69. The normalized spacial score (nSPS) is 28.0. The second-order valence-electron chi connectivity index (χ2n) is 5.88. The fourth-order valence-corrected chi connectivity index (χ4v) is 4.40. The highest BCUT2D eigenvalue weighted by Gasteiger charge is 2.39. The number of aliphatic imine (C=N–C) groups is 1. The van der Waals surface area contributed by atoms with Crippen molar-refractivity contribution in [3.63, 3.8) is 0 Å². The van der Waals surface area contributed by atoms with E-state index in [1.54, 1.807) is 30.4 Å². The summed E-state index contributed by atoms with van der Waals surface area (Å²) in [6.07, 6.45) is 8.09. The molecule has 0 amide bonds. The van der Waals surface area contributed by atoms with Crippen LogP contribution in [0.2, 0.25) is 0 Å². The molecule has 0 spiro atoms. The summed E-state index contributed by atoms with van der Waals surface area (Å²) < 4.78 is 3.46. The van der Waals surface area contributed by atoms with Gasteiger partial charge in [0.25, 0.3) is 0 Å². The molecule has 3 aliphatic rings. The highest BCUT2D eigenvalue weighted by Crippen LogP contribution is 2.42. The largest absolute Gasteiger partial charge is 0.480 e. The molecule has 122 valence electrons. The molecule has 2 atom stereocenters. The molecule has 0 aromatic heterocycles. The number of carboxylic acids is 1. The Morgan fingerprint density at radius 1 is 1.48 bits per heavy atom. The lowest BCUT2D eigenvalue weighted by molar-refractivity contribution is -0.141. The van der Waals surface area contributed by atoms with E-state index in [4.69, 9.17) is 0 Å². The van der Waals surface area contributed by atoms with Crippen molar-refractivity contribution in [2.24, 2.45) is 4.99 Å². The van der Waals surface area contributed by atoms with Gasteiger partial charge >= 0.3 is 5.97 Å². The van der Waals surface area contributed by atoms with Gasteiger partial charge < -0.3 is 10.0 Å². The van der Waals surface area contributed by atoms with Crippen LogP contribution >= 0.6 is 24.4 Å². The van der Waals surface area contributed by atoms with E-state index in [9.17, 15) is 9.90 Å². The molecule has 1 aromatic carbocycles. The van der Waals surface area contributed by atoms with Gasteiger partial charge in [-0.15, -0.1) is 12.4 Å². The Morgan fingerprint density at radius 2 is 2.35 bits per heavy atom. The molecule has 3 aliphatic heterocycles. The average molecular weight is 352 g/mol. The van der Waals surface area contributed by atoms with E-state index >= 15 is 0 Å². The predicted molar refractivity (Wildman–Crippen MR) is 94.6 cm³/mol. The Balaban J connectivity index is 0.00000156. The molecule has 5 nitrogen and oxygen atoms in total. The number of hydrogen-bond acceptors (Lipinski definition) is 5. The van der Waals surface area contributed by atoms with Gasteiger partial charge in [-0.05, 0) is 48.6 Å². The van der Waals surface area contributed by atoms with Crippen LogP contribution in [0.3, 0.4) is 0 Å². The van der Waals surface area contributed by atoms with E-state index in [0.717, 1.165) is 23.4 Å². The molecule has 2 N–H and O–H groups in total. The molecule has 1 fully saturated rings. The first-order chi connectivity index (χ1) is 10.7. The van der Waals surface area contributed by atoms with Crippen molar-refractivity contribution in [3.8, 4) is 0 Å². The van der Waals surface area contributed by atoms with Crippen molar-refractivity contribution in [2.45, 2.75) is 35.7 Å². The van der Waals surface area contributed by atoms with Gasteiger partial charge in [-0.3, -0.25) is 9.79 Å². The first-order valence-electron chi connectivity index (χ1n) is 7.47. The summed E-state index contributed by atoms with van der Waals surface area (Å²) in [6.45, 7) is 1.06. The minimum absolute atomic E-state index is 0. The summed E-state index contributed by atoms with van der Waals surface area (Å²) in [5, 5.41) is 9.75. The number of carbonyl (C=O) groups is 1. The third kappa shape index (κ3) is 2.55. The third-order valence-corrected chi connectivity index (χ3v) is 5.62. The second-order valence-corrected chi connectivity index (χ2v) is 6.76. The van der Waals surface area contributed by atoms with Gasteiger partial charge in [0.05, 0.1) is 11.9 Å². The zero-order valence-electron chi connectivity index (χ0n) is 12.4. The van der Waals surface area contributed by atoms with Crippen molar-refractivity contribution in [1.82, 2.24) is 4.72 Å². The molecule has 0 bridgehead atoms. The van der Waals surface area contributed by atoms with Crippen LogP contribution in [0.1, 0.15) is 24.8 Å². The lowest BCUT2D eigenvalue weighted by Crippen LogP contribution is -2.41. The minimum Gasteiger partial charge on any atom is -0.480 e. The highest BCUT2D eigenvalue weighted by atomic mass is 35.5. The fourth-order valence-electron chi connectivity index (χ4n) is 3.41.